The summed E-state index contributed by atoms with van der Waals surface area (Å²) in [5.41, 5.74) is 0.915. The van der Waals surface area contributed by atoms with Crippen molar-refractivity contribution in [1.29, 1.82) is 5.41 Å². The maximum atomic E-state index is 9.18. The normalized spacial score (nSPS) is 12.4. The topological polar surface area (TPSA) is 47.3 Å². The van der Waals surface area contributed by atoms with Gasteiger partial charge in [-0.1, -0.05) is 0 Å². The Kier molecular flexibility index (Phi) is 2.93. The van der Waals surface area contributed by atoms with Crippen LogP contribution in [0.15, 0.2) is 11.5 Å². The summed E-state index contributed by atoms with van der Waals surface area (Å²) in [5, 5.41) is 16.3. The van der Waals surface area contributed by atoms with Crippen molar-refractivity contribution < 1.29 is 5.11 Å². The number of nitrogens with one attached hydrogen (secondary N) is 1. The molecule has 0 heterocycles. The molecule has 0 rings (SSSR count). The van der Waals surface area contributed by atoms with Crippen LogP contribution in [0.5, 0.6) is 0 Å². The first-order chi connectivity index (χ1) is 4.46. The van der Waals surface area contributed by atoms with E-state index in [1.54, 1.807) is 18.7 Å². The summed E-state index contributed by atoms with van der Waals surface area (Å²) in [5.74, 6) is 0.0602. The summed E-state index contributed by atoms with van der Waals surface area (Å²) in [6.07, 6.45) is 0. The third kappa shape index (κ3) is 2.09. The number of nitrogens with zero attached hydrogens (tertiary/aromatic N) is 1. The van der Waals surface area contributed by atoms with Gasteiger partial charge in [0.1, 0.15) is 0 Å². The fourth-order valence-corrected chi connectivity index (χ4v) is 0.483. The molecule has 3 heteroatoms. The Labute approximate surface area is 61.5 Å². The minimum Gasteiger partial charge on any atom is -0.504 e. The molecule has 0 fully saturated rings. The molecule has 0 amide bonds. The monoisotopic (exact) mass is 142 g/mol. The molecule has 0 spiro atoms. The van der Waals surface area contributed by atoms with Crippen molar-refractivity contribution in [2.75, 3.05) is 14.1 Å². The van der Waals surface area contributed by atoms with Crippen LogP contribution in [-0.4, -0.2) is 29.8 Å². The van der Waals surface area contributed by atoms with Crippen LogP contribution in [-0.2, 0) is 0 Å². The lowest BCUT2D eigenvalue weighted by atomic mass is 10.3. The van der Waals surface area contributed by atoms with Gasteiger partial charge in [-0.15, -0.1) is 0 Å². The van der Waals surface area contributed by atoms with Gasteiger partial charge in [-0.2, -0.15) is 0 Å². The van der Waals surface area contributed by atoms with Crippen molar-refractivity contribution in [2.24, 2.45) is 0 Å². The molecule has 0 aromatic rings. The standard InChI is InChI=1S/C7H14N2O/c1-5(8)7(10)6(2)9(3)4/h8,10H,1-4H3. The van der Waals surface area contributed by atoms with Gasteiger partial charge in [-0.05, 0) is 13.8 Å². The molecule has 0 radical (unpaired) electrons. The molecule has 0 saturated carbocycles. The number of hydrogen-bond acceptors (Lipinski definition) is 3. The van der Waals surface area contributed by atoms with Crippen molar-refractivity contribution >= 4 is 5.71 Å². The largest absolute Gasteiger partial charge is 0.504 e. The molecule has 0 unspecified atom stereocenters. The first kappa shape index (κ1) is 9.01. The van der Waals surface area contributed by atoms with Crippen molar-refractivity contribution in [3.63, 3.8) is 0 Å². The van der Waals surface area contributed by atoms with Crippen LogP contribution in [0.2, 0.25) is 0 Å². The van der Waals surface area contributed by atoms with Gasteiger partial charge < -0.3 is 15.4 Å². The number of rotatable bonds is 2. The van der Waals surface area contributed by atoms with E-state index in [0.29, 0.717) is 5.70 Å². The average molecular weight is 142 g/mol. The summed E-state index contributed by atoms with van der Waals surface area (Å²) in [4.78, 5) is 1.77. The van der Waals surface area contributed by atoms with Crippen LogP contribution in [0.3, 0.4) is 0 Å². The molecule has 58 valence electrons. The molecular weight excluding hydrogens is 128 g/mol. The van der Waals surface area contributed by atoms with E-state index >= 15 is 0 Å². The fourth-order valence-electron chi connectivity index (χ4n) is 0.483. The number of hydrogen-bond donors (Lipinski definition) is 2. The molecule has 0 aliphatic carbocycles. The Morgan fingerprint density at radius 1 is 1.30 bits per heavy atom. The second-order valence-corrected chi connectivity index (χ2v) is 2.45. The minimum atomic E-state index is 0.0602. The Morgan fingerprint density at radius 3 is 1.80 bits per heavy atom. The molecule has 0 bridgehead atoms. The van der Waals surface area contributed by atoms with Crippen LogP contribution in [0.25, 0.3) is 0 Å². The molecule has 0 aliphatic heterocycles. The Morgan fingerprint density at radius 2 is 1.70 bits per heavy atom. The maximum absolute atomic E-state index is 9.18. The lowest BCUT2D eigenvalue weighted by Crippen LogP contribution is -2.13. The van der Waals surface area contributed by atoms with Crippen molar-refractivity contribution in [2.45, 2.75) is 13.8 Å². The predicted molar refractivity (Wildman–Crippen MR) is 42.4 cm³/mol. The van der Waals surface area contributed by atoms with Gasteiger partial charge in [0, 0.05) is 14.1 Å². The fraction of sp³-hybridized carbons (Fsp3) is 0.571. The second kappa shape index (κ2) is 3.25. The van der Waals surface area contributed by atoms with Gasteiger partial charge in [0.25, 0.3) is 0 Å². The predicted octanol–water partition coefficient (Wildman–Crippen LogP) is 1.38. The van der Waals surface area contributed by atoms with Crippen molar-refractivity contribution in [3.05, 3.63) is 11.5 Å². The highest BCUT2D eigenvalue weighted by Gasteiger charge is 2.02. The molecule has 2 N–H and O–H groups in total. The van der Waals surface area contributed by atoms with E-state index in [2.05, 4.69) is 0 Å². The first-order valence-electron chi connectivity index (χ1n) is 3.09. The van der Waals surface area contributed by atoms with Gasteiger partial charge >= 0.3 is 0 Å². The van der Waals surface area contributed by atoms with E-state index in [0.717, 1.165) is 0 Å². The Hall–Kier alpha value is -0.990. The smallest absolute Gasteiger partial charge is 0.154 e. The first-order valence-corrected chi connectivity index (χ1v) is 3.09. The van der Waals surface area contributed by atoms with Crippen LogP contribution in [0.1, 0.15) is 13.8 Å². The molecule has 0 aromatic carbocycles. The average Bonchev–Trinajstić information content (AvgIpc) is 1.84. The summed E-state index contributed by atoms with van der Waals surface area (Å²) in [7, 11) is 3.66. The molecule has 0 atom stereocenters. The van der Waals surface area contributed by atoms with Gasteiger partial charge in [0.15, 0.2) is 5.76 Å². The van der Waals surface area contributed by atoms with Crippen molar-refractivity contribution in [1.82, 2.24) is 4.90 Å². The summed E-state index contributed by atoms with van der Waals surface area (Å²) < 4.78 is 0. The number of allylic oxidation sites excluding steroid dienone is 2. The van der Waals surface area contributed by atoms with E-state index in [4.69, 9.17) is 5.41 Å². The zero-order valence-corrected chi connectivity index (χ0v) is 6.89. The van der Waals surface area contributed by atoms with E-state index < -0.39 is 0 Å². The molecule has 3 nitrogen and oxygen atoms in total. The quantitative estimate of drug-likeness (QED) is 0.452. The molecular formula is C7H14N2O. The van der Waals surface area contributed by atoms with Crippen LogP contribution < -0.4 is 0 Å². The second-order valence-electron chi connectivity index (χ2n) is 2.45. The SMILES string of the molecule is CC(=N)C(O)=C(C)N(C)C. The maximum Gasteiger partial charge on any atom is 0.154 e. The van der Waals surface area contributed by atoms with Gasteiger partial charge in [-0.3, -0.25) is 0 Å². The lowest BCUT2D eigenvalue weighted by Gasteiger charge is -2.13. The van der Waals surface area contributed by atoms with Crippen LogP contribution >= 0.6 is 0 Å². The zero-order chi connectivity index (χ0) is 8.31. The summed E-state index contributed by atoms with van der Waals surface area (Å²) >= 11 is 0. The number of aliphatic hydroxyl groups is 1. The van der Waals surface area contributed by atoms with Gasteiger partial charge in [-0.25, -0.2) is 0 Å². The molecule has 0 aromatic heterocycles. The van der Waals surface area contributed by atoms with E-state index in [-0.39, 0.29) is 11.5 Å². The molecule has 0 aliphatic rings. The number of aliphatic hydroxyl groups excluding tert-OH is 1. The van der Waals surface area contributed by atoms with Gasteiger partial charge in [0.2, 0.25) is 0 Å². The highest BCUT2D eigenvalue weighted by molar-refractivity contribution is 5.93. The lowest BCUT2D eigenvalue weighted by molar-refractivity contribution is 0.396. The summed E-state index contributed by atoms with van der Waals surface area (Å²) in [6.45, 7) is 3.33. The van der Waals surface area contributed by atoms with Gasteiger partial charge in [0.05, 0.1) is 11.4 Å². The zero-order valence-electron chi connectivity index (χ0n) is 6.89. The minimum absolute atomic E-state index is 0.0602. The van der Waals surface area contributed by atoms with E-state index in [9.17, 15) is 5.11 Å². The highest BCUT2D eigenvalue weighted by atomic mass is 16.3. The summed E-state index contributed by atoms with van der Waals surface area (Å²) in [6, 6.07) is 0. The Balaban J connectivity index is 4.50. The third-order valence-corrected chi connectivity index (χ3v) is 1.37. The molecule has 0 saturated heterocycles. The Bertz CT molecular complexity index is 170. The van der Waals surface area contributed by atoms with Crippen LogP contribution in [0, 0.1) is 5.41 Å². The van der Waals surface area contributed by atoms with Crippen molar-refractivity contribution in [3.8, 4) is 0 Å². The van der Waals surface area contributed by atoms with Crippen LogP contribution in [0.4, 0.5) is 0 Å². The highest BCUT2D eigenvalue weighted by Crippen LogP contribution is 2.03. The third-order valence-electron chi connectivity index (χ3n) is 1.37. The molecule has 10 heavy (non-hydrogen) atoms. The van der Waals surface area contributed by atoms with E-state index in [1.807, 2.05) is 14.1 Å². The van der Waals surface area contributed by atoms with E-state index in [1.165, 1.54) is 0 Å².